The summed E-state index contributed by atoms with van der Waals surface area (Å²) in [6, 6.07) is 7.39. The van der Waals surface area contributed by atoms with Gasteiger partial charge in [0.15, 0.2) is 0 Å². The van der Waals surface area contributed by atoms with Crippen LogP contribution in [0, 0.1) is 6.92 Å². The van der Waals surface area contributed by atoms with Crippen LogP contribution >= 0.6 is 0 Å². The second kappa shape index (κ2) is 5.47. The van der Waals surface area contributed by atoms with Gasteiger partial charge in [0, 0.05) is 30.5 Å². The van der Waals surface area contributed by atoms with Crippen molar-refractivity contribution in [2.75, 3.05) is 18.0 Å². The van der Waals surface area contributed by atoms with Crippen LogP contribution in [0.25, 0.3) is 0 Å². The summed E-state index contributed by atoms with van der Waals surface area (Å²) >= 11 is 0. The van der Waals surface area contributed by atoms with E-state index in [1.165, 1.54) is 23.2 Å². The molecule has 0 aliphatic carbocycles. The largest absolute Gasteiger partial charge is 0.384 e. The molecular weight excluding hydrogens is 220 g/mol. The minimum atomic E-state index is 0.550. The van der Waals surface area contributed by atoms with E-state index >= 15 is 0 Å². The van der Waals surface area contributed by atoms with Crippen LogP contribution in [0.15, 0.2) is 30.5 Å². The van der Waals surface area contributed by atoms with Gasteiger partial charge >= 0.3 is 0 Å². The summed E-state index contributed by atoms with van der Waals surface area (Å²) in [5.74, 6) is 0. The quantitative estimate of drug-likeness (QED) is 0.874. The van der Waals surface area contributed by atoms with Gasteiger partial charge < -0.3 is 10.2 Å². The van der Waals surface area contributed by atoms with Gasteiger partial charge in [-0.25, -0.2) is 0 Å². The molecule has 18 heavy (non-hydrogen) atoms. The highest BCUT2D eigenvalue weighted by Crippen LogP contribution is 2.23. The molecule has 1 saturated heterocycles. The number of nitrogens with zero attached hydrogens (tertiary/aromatic N) is 1. The van der Waals surface area contributed by atoms with Gasteiger partial charge in [-0.05, 0) is 49.9 Å². The number of nitrogens with one attached hydrogen (secondary N) is 1. The first kappa shape index (κ1) is 13.0. The van der Waals surface area contributed by atoms with Crippen LogP contribution in [-0.2, 0) is 6.42 Å². The number of anilines is 1. The number of hydrogen-bond donors (Lipinski definition) is 1. The number of benzene rings is 1. The number of rotatable bonds is 4. The molecule has 0 aromatic heterocycles. The first-order chi connectivity index (χ1) is 8.60. The molecule has 0 amide bonds. The third-order valence-corrected chi connectivity index (χ3v) is 3.72. The van der Waals surface area contributed by atoms with Crippen LogP contribution in [0.5, 0.6) is 0 Å². The molecule has 0 spiro atoms. The second-order valence-corrected chi connectivity index (χ2v) is 5.32. The van der Waals surface area contributed by atoms with Gasteiger partial charge in [-0.3, -0.25) is 0 Å². The standard InChI is InChI=1S/C16H24N2/c1-5-14-10-16(7-6-13(14)4)18-9-8-15(11-18)17-12(2)3/h6-7,10,15,17H,2,5,8-9,11H2,1,3-4H3. The summed E-state index contributed by atoms with van der Waals surface area (Å²) in [7, 11) is 0. The molecule has 2 nitrogen and oxygen atoms in total. The van der Waals surface area contributed by atoms with E-state index < -0.39 is 0 Å². The zero-order chi connectivity index (χ0) is 13.1. The van der Waals surface area contributed by atoms with Crippen LogP contribution in [0.2, 0.25) is 0 Å². The molecule has 1 aromatic rings. The van der Waals surface area contributed by atoms with Gasteiger partial charge in [-0.2, -0.15) is 0 Å². The lowest BCUT2D eigenvalue weighted by atomic mass is 10.1. The zero-order valence-electron chi connectivity index (χ0n) is 11.8. The predicted molar refractivity (Wildman–Crippen MR) is 79.1 cm³/mol. The summed E-state index contributed by atoms with van der Waals surface area (Å²) < 4.78 is 0. The maximum absolute atomic E-state index is 3.93. The topological polar surface area (TPSA) is 15.3 Å². The van der Waals surface area contributed by atoms with Crippen molar-refractivity contribution < 1.29 is 0 Å². The predicted octanol–water partition coefficient (Wildman–Crippen LogP) is 3.26. The van der Waals surface area contributed by atoms with Crippen LogP contribution in [-0.4, -0.2) is 19.1 Å². The van der Waals surface area contributed by atoms with Gasteiger partial charge in [-0.1, -0.05) is 19.6 Å². The maximum Gasteiger partial charge on any atom is 0.0450 e. The molecule has 1 unspecified atom stereocenters. The first-order valence-electron chi connectivity index (χ1n) is 6.86. The summed E-state index contributed by atoms with van der Waals surface area (Å²) in [6.07, 6.45) is 2.31. The molecule has 1 aliphatic heterocycles. The minimum Gasteiger partial charge on any atom is -0.384 e. The molecule has 1 aromatic carbocycles. The molecule has 0 radical (unpaired) electrons. The normalized spacial score (nSPS) is 19.1. The fourth-order valence-electron chi connectivity index (χ4n) is 2.70. The highest BCUT2D eigenvalue weighted by molar-refractivity contribution is 5.52. The molecule has 2 heteroatoms. The van der Waals surface area contributed by atoms with Gasteiger partial charge in [0.25, 0.3) is 0 Å². The Morgan fingerprint density at radius 1 is 1.50 bits per heavy atom. The minimum absolute atomic E-state index is 0.550. The summed E-state index contributed by atoms with van der Waals surface area (Å²) in [5, 5.41) is 3.45. The fraction of sp³-hybridized carbons (Fsp3) is 0.500. The Labute approximate surface area is 111 Å². The Balaban J connectivity index is 2.07. The average Bonchev–Trinajstić information content (AvgIpc) is 2.77. The lowest BCUT2D eigenvalue weighted by Gasteiger charge is -2.21. The molecular formula is C16H24N2. The van der Waals surface area contributed by atoms with E-state index in [4.69, 9.17) is 0 Å². The second-order valence-electron chi connectivity index (χ2n) is 5.32. The number of hydrogen-bond acceptors (Lipinski definition) is 2. The lowest BCUT2D eigenvalue weighted by molar-refractivity contribution is 0.620. The van der Waals surface area contributed by atoms with E-state index in [0.29, 0.717) is 6.04 Å². The molecule has 2 rings (SSSR count). The van der Waals surface area contributed by atoms with Gasteiger partial charge in [0.2, 0.25) is 0 Å². The Morgan fingerprint density at radius 3 is 2.94 bits per heavy atom. The van der Waals surface area contributed by atoms with Crippen molar-refractivity contribution in [2.24, 2.45) is 0 Å². The average molecular weight is 244 g/mol. The summed E-state index contributed by atoms with van der Waals surface area (Å²) in [6.45, 7) is 12.6. The van der Waals surface area contributed by atoms with E-state index in [2.05, 4.69) is 48.8 Å². The number of allylic oxidation sites excluding steroid dienone is 1. The molecule has 0 bridgehead atoms. The van der Waals surface area contributed by atoms with Crippen LogP contribution in [0.4, 0.5) is 5.69 Å². The van der Waals surface area contributed by atoms with E-state index in [9.17, 15) is 0 Å². The van der Waals surface area contributed by atoms with Crippen molar-refractivity contribution in [1.82, 2.24) is 5.32 Å². The van der Waals surface area contributed by atoms with E-state index in [-0.39, 0.29) is 0 Å². The highest BCUT2D eigenvalue weighted by Gasteiger charge is 2.22. The first-order valence-corrected chi connectivity index (χ1v) is 6.86. The monoisotopic (exact) mass is 244 g/mol. The Hall–Kier alpha value is -1.44. The van der Waals surface area contributed by atoms with Crippen LogP contribution in [0.1, 0.15) is 31.4 Å². The highest BCUT2D eigenvalue weighted by atomic mass is 15.2. The summed E-state index contributed by atoms with van der Waals surface area (Å²) in [4.78, 5) is 2.47. The molecule has 98 valence electrons. The molecule has 1 N–H and O–H groups in total. The van der Waals surface area contributed by atoms with Crippen molar-refractivity contribution in [3.63, 3.8) is 0 Å². The SMILES string of the molecule is C=C(C)NC1CCN(c2ccc(C)c(CC)c2)C1. The van der Waals surface area contributed by atoms with Gasteiger partial charge in [0.1, 0.15) is 0 Å². The van der Waals surface area contributed by atoms with E-state index in [1.54, 1.807) is 0 Å². The van der Waals surface area contributed by atoms with Crippen molar-refractivity contribution in [1.29, 1.82) is 0 Å². The Bertz CT molecular complexity index is 437. The van der Waals surface area contributed by atoms with Crippen molar-refractivity contribution in [3.8, 4) is 0 Å². The zero-order valence-corrected chi connectivity index (χ0v) is 11.8. The van der Waals surface area contributed by atoms with Gasteiger partial charge in [-0.15, -0.1) is 0 Å². The van der Waals surface area contributed by atoms with E-state index in [1.807, 2.05) is 6.92 Å². The van der Waals surface area contributed by atoms with Crippen molar-refractivity contribution in [3.05, 3.63) is 41.6 Å². The van der Waals surface area contributed by atoms with Crippen molar-refractivity contribution >= 4 is 5.69 Å². The third kappa shape index (κ3) is 2.87. The van der Waals surface area contributed by atoms with Crippen molar-refractivity contribution in [2.45, 2.75) is 39.7 Å². The lowest BCUT2D eigenvalue weighted by Crippen LogP contribution is -2.31. The maximum atomic E-state index is 3.93. The van der Waals surface area contributed by atoms with Crippen LogP contribution < -0.4 is 10.2 Å². The fourth-order valence-corrected chi connectivity index (χ4v) is 2.70. The molecule has 1 fully saturated rings. The molecule has 0 saturated carbocycles. The third-order valence-electron chi connectivity index (χ3n) is 3.72. The molecule has 1 atom stereocenters. The molecule has 1 aliphatic rings. The molecule has 1 heterocycles. The number of aryl methyl sites for hydroxylation is 2. The van der Waals surface area contributed by atoms with Gasteiger partial charge in [0.05, 0.1) is 0 Å². The Kier molecular flexibility index (Phi) is 3.95. The smallest absolute Gasteiger partial charge is 0.0450 e. The van der Waals surface area contributed by atoms with Crippen LogP contribution in [0.3, 0.4) is 0 Å². The Morgan fingerprint density at radius 2 is 2.28 bits per heavy atom. The summed E-state index contributed by atoms with van der Waals surface area (Å²) in [5.41, 5.74) is 5.30. The van der Waals surface area contributed by atoms with E-state index in [0.717, 1.165) is 25.2 Å².